The second-order valence-electron chi connectivity index (χ2n) is 6.79. The SMILES string of the molecule is Cc1cnccc1-c1cn2c(-c3cc(S(C)(=O)=O)ccc3C)cnc2c(N)n1. The molecule has 0 saturated carbocycles. The highest BCUT2D eigenvalue weighted by Crippen LogP contribution is 2.30. The van der Waals surface area contributed by atoms with Crippen molar-refractivity contribution in [3.8, 4) is 22.5 Å². The maximum absolute atomic E-state index is 12.0. The average molecular weight is 393 g/mol. The van der Waals surface area contributed by atoms with Crippen LogP contribution >= 0.6 is 0 Å². The van der Waals surface area contributed by atoms with E-state index >= 15 is 0 Å². The predicted octanol–water partition coefficient (Wildman–Crippen LogP) is 3.06. The van der Waals surface area contributed by atoms with E-state index in [-0.39, 0.29) is 4.90 Å². The summed E-state index contributed by atoms with van der Waals surface area (Å²) in [5.41, 5.74) is 11.7. The van der Waals surface area contributed by atoms with Crippen LogP contribution in [-0.4, -0.2) is 34.0 Å². The molecular weight excluding hydrogens is 374 g/mol. The lowest BCUT2D eigenvalue weighted by Crippen LogP contribution is -2.02. The van der Waals surface area contributed by atoms with E-state index in [4.69, 9.17) is 5.73 Å². The Kier molecular flexibility index (Phi) is 4.15. The highest BCUT2D eigenvalue weighted by molar-refractivity contribution is 7.90. The molecule has 28 heavy (non-hydrogen) atoms. The third kappa shape index (κ3) is 3.01. The van der Waals surface area contributed by atoms with Gasteiger partial charge in [-0.15, -0.1) is 0 Å². The van der Waals surface area contributed by atoms with Crippen LogP contribution in [0.4, 0.5) is 5.82 Å². The number of nitrogens with zero attached hydrogens (tertiary/aromatic N) is 4. The van der Waals surface area contributed by atoms with Crippen molar-refractivity contribution in [1.82, 2.24) is 19.4 Å². The zero-order valence-electron chi connectivity index (χ0n) is 15.7. The van der Waals surface area contributed by atoms with Crippen molar-refractivity contribution in [3.05, 3.63) is 60.2 Å². The summed E-state index contributed by atoms with van der Waals surface area (Å²) in [6, 6.07) is 6.96. The maximum atomic E-state index is 12.0. The molecule has 3 heterocycles. The molecule has 0 unspecified atom stereocenters. The number of hydrogen-bond donors (Lipinski definition) is 1. The normalized spacial score (nSPS) is 11.8. The van der Waals surface area contributed by atoms with Crippen molar-refractivity contribution in [1.29, 1.82) is 0 Å². The molecule has 0 amide bonds. The molecule has 0 bridgehead atoms. The number of fused-ring (bicyclic) bond motifs is 1. The van der Waals surface area contributed by atoms with Crippen LogP contribution in [0.25, 0.3) is 28.2 Å². The Hall–Kier alpha value is -3.26. The first-order valence-electron chi connectivity index (χ1n) is 8.61. The fourth-order valence-electron chi connectivity index (χ4n) is 3.21. The monoisotopic (exact) mass is 393 g/mol. The van der Waals surface area contributed by atoms with Gasteiger partial charge in [0.25, 0.3) is 0 Å². The molecule has 0 saturated heterocycles. The summed E-state index contributed by atoms with van der Waals surface area (Å²) in [4.78, 5) is 13.3. The lowest BCUT2D eigenvalue weighted by molar-refractivity contribution is 0.602. The molecule has 142 valence electrons. The number of rotatable bonds is 3. The first kappa shape index (κ1) is 18.1. The zero-order chi connectivity index (χ0) is 20.1. The zero-order valence-corrected chi connectivity index (χ0v) is 16.5. The number of imidazole rings is 1. The number of aryl methyl sites for hydroxylation is 2. The topological polar surface area (TPSA) is 103 Å². The van der Waals surface area contributed by atoms with Gasteiger partial charge in [-0.25, -0.2) is 18.4 Å². The Morgan fingerprint density at radius 1 is 1.04 bits per heavy atom. The van der Waals surface area contributed by atoms with Crippen LogP contribution in [0.3, 0.4) is 0 Å². The van der Waals surface area contributed by atoms with Crippen LogP contribution in [0.15, 0.2) is 53.9 Å². The number of aromatic nitrogens is 4. The Bertz CT molecular complexity index is 1330. The molecule has 2 N–H and O–H groups in total. The Balaban J connectivity index is 1.99. The number of benzene rings is 1. The molecule has 7 nitrogen and oxygen atoms in total. The highest BCUT2D eigenvalue weighted by Gasteiger charge is 2.16. The number of nitrogen functional groups attached to an aromatic ring is 1. The minimum Gasteiger partial charge on any atom is -0.381 e. The average Bonchev–Trinajstić information content (AvgIpc) is 3.06. The third-order valence-electron chi connectivity index (χ3n) is 4.73. The molecule has 3 aromatic heterocycles. The van der Waals surface area contributed by atoms with Crippen LogP contribution in [0.2, 0.25) is 0 Å². The molecule has 4 aromatic rings. The molecule has 0 aliphatic heterocycles. The van der Waals surface area contributed by atoms with Gasteiger partial charge in [0.2, 0.25) is 0 Å². The fraction of sp³-hybridized carbons (Fsp3) is 0.150. The summed E-state index contributed by atoms with van der Waals surface area (Å²) < 4.78 is 25.9. The largest absolute Gasteiger partial charge is 0.381 e. The quantitative estimate of drug-likeness (QED) is 0.574. The second-order valence-corrected chi connectivity index (χ2v) is 8.80. The van der Waals surface area contributed by atoms with Crippen LogP contribution in [-0.2, 0) is 9.84 Å². The van der Waals surface area contributed by atoms with Crippen LogP contribution in [0.1, 0.15) is 11.1 Å². The summed E-state index contributed by atoms with van der Waals surface area (Å²) in [6.07, 6.45) is 8.22. The van der Waals surface area contributed by atoms with Crippen molar-refractivity contribution < 1.29 is 8.42 Å². The van der Waals surface area contributed by atoms with E-state index < -0.39 is 9.84 Å². The molecule has 4 rings (SSSR count). The van der Waals surface area contributed by atoms with Gasteiger partial charge in [0.05, 0.1) is 22.5 Å². The van der Waals surface area contributed by atoms with Crippen molar-refractivity contribution >= 4 is 21.3 Å². The van der Waals surface area contributed by atoms with Gasteiger partial charge in [-0.2, -0.15) is 0 Å². The van der Waals surface area contributed by atoms with Gasteiger partial charge in [-0.3, -0.25) is 9.38 Å². The Morgan fingerprint density at radius 3 is 2.54 bits per heavy atom. The molecule has 0 aliphatic rings. The summed E-state index contributed by atoms with van der Waals surface area (Å²) in [5, 5.41) is 0. The van der Waals surface area contributed by atoms with Crippen molar-refractivity contribution in [3.63, 3.8) is 0 Å². The van der Waals surface area contributed by atoms with E-state index in [9.17, 15) is 8.42 Å². The van der Waals surface area contributed by atoms with Crippen LogP contribution in [0, 0.1) is 13.8 Å². The molecule has 0 radical (unpaired) electrons. The van der Waals surface area contributed by atoms with Gasteiger partial charge in [0.15, 0.2) is 21.3 Å². The molecule has 0 aliphatic carbocycles. The lowest BCUT2D eigenvalue weighted by atomic mass is 10.1. The molecule has 0 spiro atoms. The minimum atomic E-state index is -3.33. The smallest absolute Gasteiger partial charge is 0.180 e. The number of nitrogens with two attached hydrogens (primary N) is 1. The molecular formula is C20H19N5O2S. The second kappa shape index (κ2) is 6.42. The molecule has 8 heteroatoms. The maximum Gasteiger partial charge on any atom is 0.180 e. The van der Waals surface area contributed by atoms with E-state index in [0.29, 0.717) is 17.2 Å². The van der Waals surface area contributed by atoms with Crippen molar-refractivity contribution in [2.75, 3.05) is 12.0 Å². The van der Waals surface area contributed by atoms with E-state index in [2.05, 4.69) is 15.0 Å². The standard InChI is InChI=1S/C20H19N5O2S/c1-12-4-5-14(28(3,26)27)8-16(12)18-10-23-20-19(21)24-17(11-25(18)20)15-6-7-22-9-13(15)2/h4-11H,1-3H3,(H2,21,24). The molecule has 0 atom stereocenters. The van der Waals surface area contributed by atoms with Gasteiger partial charge >= 0.3 is 0 Å². The fourth-order valence-corrected chi connectivity index (χ4v) is 3.86. The molecule has 0 fully saturated rings. The van der Waals surface area contributed by atoms with Crippen molar-refractivity contribution in [2.24, 2.45) is 0 Å². The predicted molar refractivity (Wildman–Crippen MR) is 109 cm³/mol. The van der Waals surface area contributed by atoms with Crippen LogP contribution < -0.4 is 5.73 Å². The summed E-state index contributed by atoms with van der Waals surface area (Å²) >= 11 is 0. The summed E-state index contributed by atoms with van der Waals surface area (Å²) in [7, 11) is -3.33. The van der Waals surface area contributed by atoms with Gasteiger partial charge in [0.1, 0.15) is 0 Å². The van der Waals surface area contributed by atoms with E-state index in [1.54, 1.807) is 36.8 Å². The van der Waals surface area contributed by atoms with Crippen molar-refractivity contribution in [2.45, 2.75) is 18.7 Å². The van der Waals surface area contributed by atoms with E-state index in [0.717, 1.165) is 27.9 Å². The number of hydrogen-bond acceptors (Lipinski definition) is 6. The summed E-state index contributed by atoms with van der Waals surface area (Å²) in [5.74, 6) is 0.303. The first-order valence-corrected chi connectivity index (χ1v) is 10.5. The minimum absolute atomic E-state index is 0.260. The Labute approximate surface area is 162 Å². The highest BCUT2D eigenvalue weighted by atomic mass is 32.2. The third-order valence-corrected chi connectivity index (χ3v) is 5.84. The van der Waals surface area contributed by atoms with Gasteiger partial charge < -0.3 is 5.73 Å². The number of sulfone groups is 1. The number of anilines is 1. The van der Waals surface area contributed by atoms with Crippen LogP contribution in [0.5, 0.6) is 0 Å². The van der Waals surface area contributed by atoms with Gasteiger partial charge in [-0.1, -0.05) is 6.07 Å². The number of pyridine rings is 1. The van der Waals surface area contributed by atoms with E-state index in [1.807, 2.05) is 30.5 Å². The summed E-state index contributed by atoms with van der Waals surface area (Å²) in [6.45, 7) is 3.89. The van der Waals surface area contributed by atoms with Gasteiger partial charge in [0, 0.05) is 36.0 Å². The van der Waals surface area contributed by atoms with Gasteiger partial charge in [-0.05, 0) is 43.2 Å². The molecule has 1 aromatic carbocycles. The lowest BCUT2D eigenvalue weighted by Gasteiger charge is -2.11. The first-order chi connectivity index (χ1) is 13.3. The van der Waals surface area contributed by atoms with E-state index in [1.165, 1.54) is 6.26 Å². The Morgan fingerprint density at radius 2 is 1.82 bits per heavy atom.